The van der Waals surface area contributed by atoms with E-state index in [-0.39, 0.29) is 28.5 Å². The summed E-state index contributed by atoms with van der Waals surface area (Å²) in [6, 6.07) is 3.96. The number of nitro benzene ring substituents is 1. The highest BCUT2D eigenvalue weighted by Gasteiger charge is 2.33. The van der Waals surface area contributed by atoms with Crippen molar-refractivity contribution in [3.63, 3.8) is 0 Å². The second-order valence-corrected chi connectivity index (χ2v) is 4.57. The Morgan fingerprint density at radius 2 is 2.09 bits per heavy atom. The minimum Gasteiger partial charge on any atom is -0.463 e. The van der Waals surface area contributed by atoms with Crippen molar-refractivity contribution in [2.45, 2.75) is 20.0 Å². The van der Waals surface area contributed by atoms with Gasteiger partial charge in [-0.25, -0.2) is 4.79 Å². The molecule has 0 saturated heterocycles. The number of hydrogen-bond acceptors (Lipinski definition) is 6. The van der Waals surface area contributed by atoms with Crippen LogP contribution in [0.25, 0.3) is 0 Å². The van der Waals surface area contributed by atoms with Crippen LogP contribution in [0, 0.1) is 10.1 Å². The van der Waals surface area contributed by atoms with Crippen molar-refractivity contribution in [1.82, 2.24) is 0 Å². The molecule has 0 spiro atoms. The van der Waals surface area contributed by atoms with Crippen LogP contribution in [0.3, 0.4) is 0 Å². The maximum absolute atomic E-state index is 11.8. The van der Waals surface area contributed by atoms with Crippen molar-refractivity contribution in [1.29, 1.82) is 0 Å². The van der Waals surface area contributed by atoms with E-state index in [1.54, 1.807) is 6.92 Å². The van der Waals surface area contributed by atoms with E-state index in [9.17, 15) is 19.7 Å². The van der Waals surface area contributed by atoms with Gasteiger partial charge < -0.3 is 9.47 Å². The third-order valence-electron chi connectivity index (χ3n) is 2.63. The highest BCUT2D eigenvalue weighted by molar-refractivity contribution is 6.31. The van der Waals surface area contributed by atoms with Crippen molar-refractivity contribution in [3.8, 4) is 0 Å². The highest BCUT2D eigenvalue weighted by atomic mass is 35.5. The van der Waals surface area contributed by atoms with Crippen molar-refractivity contribution in [2.75, 3.05) is 6.61 Å². The number of nitro groups is 1. The lowest BCUT2D eigenvalue weighted by atomic mass is 10.0. The lowest BCUT2D eigenvalue weighted by Crippen LogP contribution is -2.19. The smallest absolute Gasteiger partial charge is 0.337 e. The first kappa shape index (κ1) is 17.6. The van der Waals surface area contributed by atoms with Crippen molar-refractivity contribution >= 4 is 29.2 Å². The van der Waals surface area contributed by atoms with E-state index in [1.165, 1.54) is 18.2 Å². The highest BCUT2D eigenvalue weighted by Crippen LogP contribution is 2.37. The Morgan fingerprint density at radius 1 is 1.45 bits per heavy atom. The summed E-state index contributed by atoms with van der Waals surface area (Å²) in [5, 5.41) is 11.1. The van der Waals surface area contributed by atoms with Crippen LogP contribution in [0.2, 0.25) is 5.02 Å². The minimum absolute atomic E-state index is 0.0223. The van der Waals surface area contributed by atoms with Crippen LogP contribution >= 0.6 is 11.6 Å². The van der Waals surface area contributed by atoms with Crippen LogP contribution in [-0.4, -0.2) is 23.5 Å². The normalized spacial score (nSPS) is 11.4. The first-order chi connectivity index (χ1) is 10.3. The quantitative estimate of drug-likeness (QED) is 0.345. The number of nitrogens with zero attached hydrogens (tertiary/aromatic N) is 1. The second kappa shape index (κ2) is 7.56. The van der Waals surface area contributed by atoms with Crippen LogP contribution in [0.4, 0.5) is 5.69 Å². The predicted molar refractivity (Wildman–Crippen MR) is 78.4 cm³/mol. The average molecular weight is 328 g/mol. The lowest BCUT2D eigenvalue weighted by Gasteiger charge is -2.19. The Morgan fingerprint density at radius 3 is 2.59 bits per heavy atom. The number of carbonyl (C=O) groups is 2. The van der Waals surface area contributed by atoms with E-state index in [4.69, 9.17) is 21.1 Å². The molecule has 0 radical (unpaired) electrons. The van der Waals surface area contributed by atoms with Gasteiger partial charge in [-0.2, -0.15) is 0 Å². The molecule has 0 amide bonds. The molecule has 0 aliphatic heterocycles. The molecule has 0 fully saturated rings. The summed E-state index contributed by atoms with van der Waals surface area (Å²) >= 11 is 5.99. The van der Waals surface area contributed by atoms with Gasteiger partial charge in [0.2, 0.25) is 0 Å². The third kappa shape index (κ3) is 4.05. The molecule has 0 saturated carbocycles. The van der Waals surface area contributed by atoms with E-state index >= 15 is 0 Å². The maximum atomic E-state index is 11.8. The molecule has 1 unspecified atom stereocenters. The van der Waals surface area contributed by atoms with Crippen LogP contribution in [0.5, 0.6) is 0 Å². The van der Waals surface area contributed by atoms with Crippen LogP contribution in [0.15, 0.2) is 30.4 Å². The largest absolute Gasteiger partial charge is 0.463 e. The molecule has 1 aromatic carbocycles. The van der Waals surface area contributed by atoms with Gasteiger partial charge in [0.15, 0.2) is 6.10 Å². The zero-order valence-electron chi connectivity index (χ0n) is 12.0. The van der Waals surface area contributed by atoms with Gasteiger partial charge in [0, 0.05) is 13.0 Å². The van der Waals surface area contributed by atoms with Gasteiger partial charge in [-0.05, 0) is 13.0 Å². The number of hydrogen-bond donors (Lipinski definition) is 0. The van der Waals surface area contributed by atoms with Gasteiger partial charge in [-0.3, -0.25) is 14.9 Å². The molecular formula is C14H14ClNO6. The summed E-state index contributed by atoms with van der Waals surface area (Å²) < 4.78 is 9.79. The molecule has 1 rings (SSSR count). The molecule has 0 bridgehead atoms. The summed E-state index contributed by atoms with van der Waals surface area (Å²) in [4.78, 5) is 33.5. The molecule has 0 heterocycles. The molecule has 7 nitrogen and oxygen atoms in total. The fraction of sp³-hybridized carbons (Fsp3) is 0.286. The topological polar surface area (TPSA) is 95.7 Å². The van der Waals surface area contributed by atoms with E-state index in [0.29, 0.717) is 0 Å². The number of halogens is 1. The zero-order valence-corrected chi connectivity index (χ0v) is 12.8. The van der Waals surface area contributed by atoms with Crippen molar-refractivity contribution in [2.24, 2.45) is 0 Å². The zero-order chi connectivity index (χ0) is 16.9. The molecular weight excluding hydrogens is 314 g/mol. The summed E-state index contributed by atoms with van der Waals surface area (Å²) in [6.45, 7) is 6.28. The number of benzene rings is 1. The second-order valence-electron chi connectivity index (χ2n) is 4.16. The van der Waals surface area contributed by atoms with E-state index in [0.717, 1.165) is 6.92 Å². The molecule has 0 aromatic heterocycles. The van der Waals surface area contributed by atoms with Gasteiger partial charge in [-0.1, -0.05) is 24.2 Å². The number of esters is 2. The number of rotatable bonds is 6. The SMILES string of the molecule is C=C(C(=O)OCC)C(OC(C)=O)c1c(Cl)cccc1[N+](=O)[O-]. The third-order valence-corrected chi connectivity index (χ3v) is 2.96. The van der Waals surface area contributed by atoms with E-state index in [1.807, 2.05) is 0 Å². The fourth-order valence-corrected chi connectivity index (χ4v) is 2.01. The Bertz CT molecular complexity index is 628. The molecule has 0 N–H and O–H groups in total. The molecule has 1 atom stereocenters. The standard InChI is InChI=1S/C14H14ClNO6/c1-4-21-14(18)8(2)13(22-9(3)17)12-10(15)6-5-7-11(12)16(19)20/h5-7,13H,2,4H2,1,3H3. The van der Waals surface area contributed by atoms with Crippen molar-refractivity contribution < 1.29 is 24.0 Å². The first-order valence-electron chi connectivity index (χ1n) is 6.25. The van der Waals surface area contributed by atoms with Crippen molar-refractivity contribution in [3.05, 3.63) is 51.1 Å². The molecule has 1 aromatic rings. The Labute approximate surface area is 131 Å². The van der Waals surface area contributed by atoms with E-state index in [2.05, 4.69) is 6.58 Å². The predicted octanol–water partition coefficient (Wildman–Crippen LogP) is 2.97. The summed E-state index contributed by atoms with van der Waals surface area (Å²) in [6.07, 6.45) is -1.40. The van der Waals surface area contributed by atoms with Crippen LogP contribution in [-0.2, 0) is 19.1 Å². The van der Waals surface area contributed by atoms with Gasteiger partial charge in [0.05, 0.1) is 27.7 Å². The summed E-state index contributed by atoms with van der Waals surface area (Å²) in [7, 11) is 0. The van der Waals surface area contributed by atoms with Crippen LogP contribution in [0.1, 0.15) is 25.5 Å². The van der Waals surface area contributed by atoms with Gasteiger partial charge in [0.25, 0.3) is 5.69 Å². The Balaban J connectivity index is 3.40. The monoisotopic (exact) mass is 327 g/mol. The van der Waals surface area contributed by atoms with Crippen LogP contribution < -0.4 is 0 Å². The Kier molecular flexibility index (Phi) is 6.06. The molecule has 0 aliphatic carbocycles. The minimum atomic E-state index is -1.40. The summed E-state index contributed by atoms with van der Waals surface area (Å²) in [5.74, 6) is -1.58. The molecule has 8 heteroatoms. The maximum Gasteiger partial charge on any atom is 0.337 e. The average Bonchev–Trinajstić information content (AvgIpc) is 2.44. The van der Waals surface area contributed by atoms with Gasteiger partial charge in [-0.15, -0.1) is 0 Å². The number of ether oxygens (including phenoxy) is 2. The Hall–Kier alpha value is -2.41. The van der Waals surface area contributed by atoms with E-state index < -0.39 is 23.0 Å². The summed E-state index contributed by atoms with van der Waals surface area (Å²) in [5.41, 5.74) is -0.764. The number of carbonyl (C=O) groups excluding carboxylic acids is 2. The van der Waals surface area contributed by atoms with Gasteiger partial charge in [0.1, 0.15) is 0 Å². The molecule has 22 heavy (non-hydrogen) atoms. The van der Waals surface area contributed by atoms with Gasteiger partial charge >= 0.3 is 11.9 Å². The fourth-order valence-electron chi connectivity index (χ4n) is 1.75. The first-order valence-corrected chi connectivity index (χ1v) is 6.63. The lowest BCUT2D eigenvalue weighted by molar-refractivity contribution is -0.386. The molecule has 118 valence electrons. The molecule has 0 aliphatic rings.